The third kappa shape index (κ3) is 2.82. The van der Waals surface area contributed by atoms with Crippen LogP contribution in [0, 0.1) is 10.1 Å². The predicted octanol–water partition coefficient (Wildman–Crippen LogP) is 1.17. The van der Waals surface area contributed by atoms with Crippen LogP contribution in [0.3, 0.4) is 0 Å². The first-order valence-electron chi connectivity index (χ1n) is 6.85. The number of fused-ring (bicyclic) bond motifs is 3. The van der Waals surface area contributed by atoms with Crippen LogP contribution in [-0.4, -0.2) is 47.2 Å². The number of hydrogen-bond donors (Lipinski definition) is 0. The van der Waals surface area contributed by atoms with Gasteiger partial charge in [0.2, 0.25) is 6.20 Å². The topological polar surface area (TPSA) is 89.3 Å². The second-order valence-electron chi connectivity index (χ2n) is 6.26. The summed E-state index contributed by atoms with van der Waals surface area (Å²) in [5.41, 5.74) is 0. The van der Waals surface area contributed by atoms with Gasteiger partial charge in [0.25, 0.3) is 0 Å². The van der Waals surface area contributed by atoms with Gasteiger partial charge in [-0.15, -0.1) is 0 Å². The Bertz CT molecular complexity index is 475. The summed E-state index contributed by atoms with van der Waals surface area (Å²) in [6, 6.07) is 0. The lowest BCUT2D eigenvalue weighted by Crippen LogP contribution is -2.54. The molecule has 0 N–H and O–H groups in total. The third-order valence-corrected chi connectivity index (χ3v) is 3.59. The fraction of sp³-hybridized carbons (Fsp3) is 0.846. The molecule has 0 amide bonds. The van der Waals surface area contributed by atoms with Crippen molar-refractivity contribution in [1.82, 2.24) is 0 Å². The van der Waals surface area contributed by atoms with Crippen LogP contribution >= 0.6 is 0 Å². The Morgan fingerprint density at radius 2 is 1.52 bits per heavy atom. The summed E-state index contributed by atoms with van der Waals surface area (Å²) < 4.78 is 29.0. The molecule has 8 nitrogen and oxygen atoms in total. The van der Waals surface area contributed by atoms with Crippen LogP contribution in [0.15, 0.2) is 12.3 Å². The monoisotopic (exact) mass is 301 g/mol. The summed E-state index contributed by atoms with van der Waals surface area (Å²) in [6.45, 7) is 7.14. The van der Waals surface area contributed by atoms with Crippen molar-refractivity contribution < 1.29 is 28.6 Å². The fourth-order valence-electron chi connectivity index (χ4n) is 2.95. The molecule has 0 saturated carbocycles. The van der Waals surface area contributed by atoms with E-state index in [1.165, 1.54) is 6.08 Å². The smallest absolute Gasteiger partial charge is 0.233 e. The van der Waals surface area contributed by atoms with Crippen molar-refractivity contribution in [2.45, 2.75) is 70.0 Å². The minimum Gasteiger partial charge on any atom is -0.342 e. The molecule has 8 heteroatoms. The Morgan fingerprint density at radius 3 is 2.19 bits per heavy atom. The van der Waals surface area contributed by atoms with Gasteiger partial charge in [-0.05, 0) is 27.7 Å². The molecule has 0 spiro atoms. The summed E-state index contributed by atoms with van der Waals surface area (Å²) in [6.07, 6.45) is -0.365. The Hall–Kier alpha value is -1.06. The van der Waals surface area contributed by atoms with Gasteiger partial charge in [0, 0.05) is 6.08 Å². The van der Waals surface area contributed by atoms with Gasteiger partial charge in [-0.1, -0.05) is 0 Å². The van der Waals surface area contributed by atoms with E-state index in [1.807, 2.05) is 0 Å². The van der Waals surface area contributed by atoms with Crippen LogP contribution < -0.4 is 0 Å². The van der Waals surface area contributed by atoms with E-state index in [0.29, 0.717) is 0 Å². The lowest BCUT2D eigenvalue weighted by Gasteiger charge is -2.35. The minimum atomic E-state index is -0.801. The molecular weight excluding hydrogens is 282 g/mol. The number of nitro groups is 1. The molecule has 3 heterocycles. The van der Waals surface area contributed by atoms with Gasteiger partial charge in [0.15, 0.2) is 17.9 Å². The molecule has 0 aromatic heterocycles. The van der Waals surface area contributed by atoms with Crippen molar-refractivity contribution in [1.29, 1.82) is 0 Å². The first-order chi connectivity index (χ1) is 9.67. The lowest BCUT2D eigenvalue weighted by atomic mass is 9.99. The highest BCUT2D eigenvalue weighted by Gasteiger charge is 2.60. The van der Waals surface area contributed by atoms with E-state index in [2.05, 4.69) is 0 Å². The van der Waals surface area contributed by atoms with Gasteiger partial charge in [0.05, 0.1) is 4.92 Å². The number of rotatable bonds is 2. The zero-order valence-corrected chi connectivity index (χ0v) is 12.3. The molecule has 0 aromatic rings. The van der Waals surface area contributed by atoms with E-state index in [9.17, 15) is 10.1 Å². The number of nitrogens with zero attached hydrogens (tertiary/aromatic N) is 1. The maximum atomic E-state index is 10.5. The summed E-state index contributed by atoms with van der Waals surface area (Å²) in [5.74, 6) is -1.60. The highest BCUT2D eigenvalue weighted by molar-refractivity contribution is 5.05. The van der Waals surface area contributed by atoms with E-state index in [-0.39, 0.29) is 0 Å². The Morgan fingerprint density at radius 1 is 0.952 bits per heavy atom. The number of ether oxygens (including phenoxy) is 5. The van der Waals surface area contributed by atoms with Gasteiger partial charge in [-0.2, -0.15) is 0 Å². The molecule has 5 unspecified atom stereocenters. The van der Waals surface area contributed by atoms with Crippen molar-refractivity contribution in [3.8, 4) is 0 Å². The average molecular weight is 301 g/mol. The Balaban J connectivity index is 1.86. The summed E-state index contributed by atoms with van der Waals surface area (Å²) in [7, 11) is 0. The highest BCUT2D eigenvalue weighted by Crippen LogP contribution is 2.44. The van der Waals surface area contributed by atoms with E-state index < -0.39 is 47.2 Å². The zero-order chi connectivity index (χ0) is 15.4. The lowest BCUT2D eigenvalue weighted by molar-refractivity contribution is -0.403. The van der Waals surface area contributed by atoms with E-state index in [1.54, 1.807) is 27.7 Å². The van der Waals surface area contributed by atoms with Gasteiger partial charge in [-0.3, -0.25) is 10.1 Å². The van der Waals surface area contributed by atoms with E-state index in [4.69, 9.17) is 23.7 Å². The fourth-order valence-corrected chi connectivity index (χ4v) is 2.95. The quantitative estimate of drug-likeness (QED) is 0.558. The summed E-state index contributed by atoms with van der Waals surface area (Å²) in [4.78, 5) is 9.99. The molecule has 21 heavy (non-hydrogen) atoms. The van der Waals surface area contributed by atoms with Crippen LogP contribution in [0.2, 0.25) is 0 Å². The van der Waals surface area contributed by atoms with Gasteiger partial charge < -0.3 is 23.7 Å². The van der Waals surface area contributed by atoms with E-state index in [0.717, 1.165) is 6.20 Å². The van der Waals surface area contributed by atoms with Crippen molar-refractivity contribution in [2.24, 2.45) is 0 Å². The first-order valence-corrected chi connectivity index (χ1v) is 6.85. The second kappa shape index (κ2) is 4.72. The summed E-state index contributed by atoms with van der Waals surface area (Å²) >= 11 is 0. The maximum Gasteiger partial charge on any atom is 0.233 e. The van der Waals surface area contributed by atoms with Crippen molar-refractivity contribution in [3.05, 3.63) is 22.4 Å². The van der Waals surface area contributed by atoms with Crippen molar-refractivity contribution >= 4 is 0 Å². The maximum absolute atomic E-state index is 10.5. The van der Waals surface area contributed by atoms with E-state index >= 15 is 0 Å². The highest BCUT2D eigenvalue weighted by atomic mass is 16.9. The minimum absolute atomic E-state index is 0.401. The Kier molecular flexibility index (Phi) is 3.34. The molecule has 0 bridgehead atoms. The van der Waals surface area contributed by atoms with Gasteiger partial charge in [-0.25, -0.2) is 0 Å². The van der Waals surface area contributed by atoms with Crippen molar-refractivity contribution in [2.75, 3.05) is 0 Å². The van der Waals surface area contributed by atoms with Crippen molar-refractivity contribution in [3.63, 3.8) is 0 Å². The molecule has 118 valence electrons. The molecular formula is C13H19NO7. The standard InChI is InChI=1S/C13H19NO7/c1-12(2)18-8-7(5-6-14(15)16)17-11-10(9(8)19-12)20-13(3,4)21-11/h5-11H,1-4H3/b6-5+. The van der Waals surface area contributed by atoms with Crippen LogP contribution in [0.25, 0.3) is 0 Å². The van der Waals surface area contributed by atoms with Crippen LogP contribution in [0.5, 0.6) is 0 Å². The Labute approximate surface area is 122 Å². The molecule has 0 radical (unpaired) electrons. The predicted molar refractivity (Wildman–Crippen MR) is 68.7 cm³/mol. The molecule has 3 saturated heterocycles. The molecule has 3 aliphatic heterocycles. The van der Waals surface area contributed by atoms with Gasteiger partial charge >= 0.3 is 0 Å². The molecule has 5 atom stereocenters. The largest absolute Gasteiger partial charge is 0.342 e. The van der Waals surface area contributed by atoms with Crippen LogP contribution in [-0.2, 0) is 23.7 Å². The van der Waals surface area contributed by atoms with Crippen LogP contribution in [0.4, 0.5) is 0 Å². The molecule has 3 rings (SSSR count). The molecule has 3 aliphatic rings. The normalized spacial score (nSPS) is 43.7. The van der Waals surface area contributed by atoms with Gasteiger partial charge in [0.1, 0.15) is 24.4 Å². The zero-order valence-electron chi connectivity index (χ0n) is 12.3. The second-order valence-corrected chi connectivity index (χ2v) is 6.26. The SMILES string of the molecule is CC1(C)OC2OC(/C=C/[N+](=O)[O-])C3OC(C)(C)OC3C2O1. The number of hydrogen-bond acceptors (Lipinski definition) is 7. The average Bonchev–Trinajstić information content (AvgIpc) is 2.80. The summed E-state index contributed by atoms with van der Waals surface area (Å²) in [5, 5.41) is 10.5. The third-order valence-electron chi connectivity index (χ3n) is 3.59. The molecule has 0 aromatic carbocycles. The first kappa shape index (κ1) is 14.9. The molecule has 3 fully saturated rings. The molecule has 0 aliphatic carbocycles. The van der Waals surface area contributed by atoms with Crippen LogP contribution in [0.1, 0.15) is 27.7 Å².